The average Bonchev–Trinajstić information content (AvgIpc) is 2.58. The molecule has 0 N–H and O–H groups in total. The van der Waals surface area contributed by atoms with Crippen LogP contribution < -0.4 is 4.89 Å². The summed E-state index contributed by atoms with van der Waals surface area (Å²) in [6, 6.07) is 5.77. The summed E-state index contributed by atoms with van der Waals surface area (Å²) in [6.45, 7) is 4.92. The molecule has 9 nitrogen and oxygen atoms in total. The van der Waals surface area contributed by atoms with Crippen molar-refractivity contribution in [2.24, 2.45) is 0 Å². The fourth-order valence-electron chi connectivity index (χ4n) is 2.66. The number of carbonyl (C=O) groups excluding carboxylic acids is 1. The van der Waals surface area contributed by atoms with Crippen LogP contribution in [0.15, 0.2) is 30.5 Å². The number of rotatable bonds is 3. The van der Waals surface area contributed by atoms with Gasteiger partial charge in [-0.15, -0.1) is 0 Å². The molecular formula is C16H17N3O6. The SMILES string of the molecule is CC1(C)CN(C(=O)OOc2ccc([N+](=O)[O-])c3cccnc23)CCO1. The fourth-order valence-corrected chi connectivity index (χ4v) is 2.66. The van der Waals surface area contributed by atoms with E-state index in [9.17, 15) is 14.9 Å². The molecule has 1 aliphatic heterocycles. The summed E-state index contributed by atoms with van der Waals surface area (Å²) in [4.78, 5) is 38.3. The lowest BCUT2D eigenvalue weighted by Crippen LogP contribution is -2.50. The van der Waals surface area contributed by atoms with Crippen LogP contribution in [0.2, 0.25) is 0 Å². The molecule has 132 valence electrons. The zero-order valence-electron chi connectivity index (χ0n) is 13.8. The van der Waals surface area contributed by atoms with Gasteiger partial charge < -0.3 is 4.74 Å². The van der Waals surface area contributed by atoms with Crippen LogP contribution in [0.3, 0.4) is 0 Å². The molecule has 1 aromatic heterocycles. The van der Waals surface area contributed by atoms with Gasteiger partial charge in [0.1, 0.15) is 5.52 Å². The molecule has 1 saturated heterocycles. The third-order valence-electron chi connectivity index (χ3n) is 3.79. The summed E-state index contributed by atoms with van der Waals surface area (Å²) in [7, 11) is 0. The Hall–Kier alpha value is -2.94. The monoisotopic (exact) mass is 347 g/mol. The van der Waals surface area contributed by atoms with Crippen LogP contribution in [0.5, 0.6) is 5.75 Å². The van der Waals surface area contributed by atoms with Crippen molar-refractivity contribution < 1.29 is 24.2 Å². The van der Waals surface area contributed by atoms with Crippen molar-refractivity contribution in [3.8, 4) is 5.75 Å². The van der Waals surface area contributed by atoms with Crippen LogP contribution in [0.25, 0.3) is 10.9 Å². The van der Waals surface area contributed by atoms with Gasteiger partial charge in [0.2, 0.25) is 5.75 Å². The van der Waals surface area contributed by atoms with Crippen molar-refractivity contribution in [1.29, 1.82) is 0 Å². The standard InChI is InChI=1S/C16H17N3O6/c1-16(2)10-18(8-9-23-16)15(20)25-24-13-6-5-12(19(21)22)11-4-3-7-17-14(11)13/h3-7H,8-10H2,1-2H3. The molecule has 0 bridgehead atoms. The Balaban J connectivity index is 1.76. The van der Waals surface area contributed by atoms with Crippen LogP contribution in [0, 0.1) is 10.1 Å². The summed E-state index contributed by atoms with van der Waals surface area (Å²) >= 11 is 0. The van der Waals surface area contributed by atoms with Crippen LogP contribution in [-0.2, 0) is 9.62 Å². The van der Waals surface area contributed by atoms with Crippen LogP contribution in [0.1, 0.15) is 13.8 Å². The van der Waals surface area contributed by atoms with Gasteiger partial charge >= 0.3 is 6.09 Å². The maximum atomic E-state index is 12.2. The number of nitrogens with zero attached hydrogens (tertiary/aromatic N) is 3. The molecule has 0 unspecified atom stereocenters. The van der Waals surface area contributed by atoms with Gasteiger partial charge in [0, 0.05) is 18.8 Å². The van der Waals surface area contributed by atoms with E-state index < -0.39 is 16.6 Å². The summed E-state index contributed by atoms with van der Waals surface area (Å²) in [5.41, 5.74) is -0.317. The van der Waals surface area contributed by atoms with E-state index >= 15 is 0 Å². The first-order valence-corrected chi connectivity index (χ1v) is 7.67. The average molecular weight is 347 g/mol. The predicted octanol–water partition coefficient (Wildman–Crippen LogP) is 2.68. The first kappa shape index (κ1) is 16.9. The number of nitro groups is 1. The molecule has 2 heterocycles. The Bertz CT molecular complexity index is 823. The van der Waals surface area contributed by atoms with Gasteiger partial charge in [0.05, 0.1) is 29.1 Å². The highest BCUT2D eigenvalue weighted by atomic mass is 17.2. The first-order chi connectivity index (χ1) is 11.9. The van der Waals surface area contributed by atoms with Crippen molar-refractivity contribution in [2.75, 3.05) is 19.7 Å². The number of morpholine rings is 1. The van der Waals surface area contributed by atoms with Gasteiger partial charge in [-0.1, -0.05) is 0 Å². The predicted molar refractivity (Wildman–Crippen MR) is 87.1 cm³/mol. The van der Waals surface area contributed by atoms with Crippen molar-refractivity contribution in [3.63, 3.8) is 0 Å². The Morgan fingerprint density at radius 1 is 1.40 bits per heavy atom. The zero-order chi connectivity index (χ0) is 18.0. The second-order valence-corrected chi connectivity index (χ2v) is 6.20. The minimum absolute atomic E-state index is 0.100. The summed E-state index contributed by atoms with van der Waals surface area (Å²) in [6.07, 6.45) is 0.824. The summed E-state index contributed by atoms with van der Waals surface area (Å²) in [5, 5.41) is 11.4. The highest BCUT2D eigenvalue weighted by Gasteiger charge is 2.31. The number of nitro benzene ring substituents is 1. The number of aromatic nitrogens is 1. The molecule has 0 saturated carbocycles. The van der Waals surface area contributed by atoms with Crippen molar-refractivity contribution in [2.45, 2.75) is 19.4 Å². The van der Waals surface area contributed by atoms with Crippen LogP contribution >= 0.6 is 0 Å². The number of ether oxygens (including phenoxy) is 1. The quantitative estimate of drug-likeness (QED) is 0.477. The maximum Gasteiger partial charge on any atom is 0.453 e. The van der Waals surface area contributed by atoms with Crippen molar-refractivity contribution in [3.05, 3.63) is 40.6 Å². The second kappa shape index (κ2) is 6.52. The molecule has 0 atom stereocenters. The van der Waals surface area contributed by atoms with E-state index in [1.807, 2.05) is 13.8 Å². The van der Waals surface area contributed by atoms with Gasteiger partial charge in [-0.25, -0.2) is 9.68 Å². The second-order valence-electron chi connectivity index (χ2n) is 6.20. The largest absolute Gasteiger partial charge is 0.453 e. The molecule has 1 aliphatic rings. The van der Waals surface area contributed by atoms with Gasteiger partial charge in [-0.2, -0.15) is 0 Å². The van der Waals surface area contributed by atoms with E-state index in [0.717, 1.165) is 0 Å². The maximum absolute atomic E-state index is 12.2. The Labute approximate surface area is 143 Å². The number of carbonyl (C=O) groups is 1. The molecule has 1 amide bonds. The minimum Gasteiger partial charge on any atom is -0.372 e. The lowest BCUT2D eigenvalue weighted by atomic mass is 10.1. The number of pyridine rings is 1. The van der Waals surface area contributed by atoms with E-state index in [0.29, 0.717) is 25.1 Å². The molecule has 0 spiro atoms. The Morgan fingerprint density at radius 3 is 2.92 bits per heavy atom. The molecule has 25 heavy (non-hydrogen) atoms. The number of amides is 1. The van der Waals surface area contributed by atoms with Gasteiger partial charge in [-0.3, -0.25) is 24.9 Å². The molecule has 2 aromatic rings. The number of benzene rings is 1. The van der Waals surface area contributed by atoms with Crippen molar-refractivity contribution >= 4 is 22.7 Å². The molecule has 0 aliphatic carbocycles. The van der Waals surface area contributed by atoms with E-state index in [2.05, 4.69) is 4.98 Å². The van der Waals surface area contributed by atoms with E-state index in [-0.39, 0.29) is 17.0 Å². The molecular weight excluding hydrogens is 330 g/mol. The lowest BCUT2D eigenvalue weighted by Gasteiger charge is -2.36. The van der Waals surface area contributed by atoms with Gasteiger partial charge in [-0.05, 0) is 32.0 Å². The van der Waals surface area contributed by atoms with Gasteiger partial charge in [0.25, 0.3) is 5.69 Å². The lowest BCUT2D eigenvalue weighted by molar-refractivity contribution is -0.383. The number of fused-ring (bicyclic) bond motifs is 1. The Morgan fingerprint density at radius 2 is 2.20 bits per heavy atom. The van der Waals surface area contributed by atoms with E-state index in [4.69, 9.17) is 14.5 Å². The molecule has 3 rings (SSSR count). The topological polar surface area (TPSA) is 104 Å². The van der Waals surface area contributed by atoms with E-state index in [1.54, 1.807) is 12.1 Å². The summed E-state index contributed by atoms with van der Waals surface area (Å²) in [5.74, 6) is 0.127. The fraction of sp³-hybridized carbons (Fsp3) is 0.375. The summed E-state index contributed by atoms with van der Waals surface area (Å²) < 4.78 is 5.54. The third kappa shape index (κ3) is 3.61. The molecule has 9 heteroatoms. The molecule has 0 radical (unpaired) electrons. The Kier molecular flexibility index (Phi) is 4.41. The highest BCUT2D eigenvalue weighted by Crippen LogP contribution is 2.31. The smallest absolute Gasteiger partial charge is 0.372 e. The van der Waals surface area contributed by atoms with E-state index in [1.165, 1.54) is 23.2 Å². The highest BCUT2D eigenvalue weighted by molar-refractivity contribution is 5.92. The zero-order valence-corrected chi connectivity index (χ0v) is 13.8. The third-order valence-corrected chi connectivity index (χ3v) is 3.79. The number of hydrogen-bond donors (Lipinski definition) is 0. The minimum atomic E-state index is -0.654. The van der Waals surface area contributed by atoms with Gasteiger partial charge in [0.15, 0.2) is 0 Å². The van der Waals surface area contributed by atoms with Crippen molar-refractivity contribution in [1.82, 2.24) is 9.88 Å². The van der Waals surface area contributed by atoms with Crippen LogP contribution in [0.4, 0.5) is 10.5 Å². The first-order valence-electron chi connectivity index (χ1n) is 7.67. The molecule has 1 aromatic carbocycles. The molecule has 1 fully saturated rings. The number of hydrogen-bond acceptors (Lipinski definition) is 7. The van der Waals surface area contributed by atoms with Crippen LogP contribution in [-0.4, -0.2) is 46.2 Å². The normalized spacial score (nSPS) is 16.5. The number of non-ortho nitro benzene ring substituents is 1.